The molecule has 0 amide bonds. The first kappa shape index (κ1) is 20.2. The van der Waals surface area contributed by atoms with Gasteiger partial charge in [-0.1, -0.05) is 76.3 Å². The summed E-state index contributed by atoms with van der Waals surface area (Å²) in [5.74, 6) is 0. The van der Waals surface area contributed by atoms with Crippen LogP contribution < -0.4 is 0 Å². The Morgan fingerprint density at radius 2 is 1.00 bits per heavy atom. The summed E-state index contributed by atoms with van der Waals surface area (Å²) < 4.78 is 31.7. The predicted molar refractivity (Wildman–Crippen MR) is 105 cm³/mol. The Bertz CT molecular complexity index is 395. The van der Waals surface area contributed by atoms with Crippen molar-refractivity contribution < 1.29 is 8.22 Å². The van der Waals surface area contributed by atoms with Crippen LogP contribution in [0.15, 0.2) is 0 Å². The fourth-order valence-corrected chi connectivity index (χ4v) is 12.0. The molecule has 0 spiro atoms. The van der Waals surface area contributed by atoms with Crippen molar-refractivity contribution in [1.82, 2.24) is 0 Å². The van der Waals surface area contributed by atoms with Crippen molar-refractivity contribution in [2.45, 2.75) is 114 Å². The lowest BCUT2D eigenvalue weighted by atomic mass is 10.0. The molecule has 0 nitrogen and oxygen atoms in total. The molecule has 2 atom stereocenters. The first-order valence-corrected chi connectivity index (χ1v) is 14.8. The van der Waals surface area contributed by atoms with Crippen molar-refractivity contribution in [3.63, 3.8) is 0 Å². The number of rotatable bonds is 6. The molecule has 0 bridgehead atoms. The largest absolute Gasteiger partial charge is 0.325 e. The Balaban J connectivity index is 2.20. The van der Waals surface area contributed by atoms with E-state index >= 15 is 8.22 Å². The van der Waals surface area contributed by atoms with Crippen LogP contribution in [0, 0.1) is 11.1 Å². The molecule has 4 heteroatoms. The van der Waals surface area contributed by atoms with Gasteiger partial charge in [-0.05, 0) is 48.9 Å². The summed E-state index contributed by atoms with van der Waals surface area (Å²) in [6, 6.07) is 1.23. The third kappa shape index (κ3) is 5.18. The minimum atomic E-state index is -3.12. The molecule has 0 aliphatic heterocycles. The van der Waals surface area contributed by atoms with Crippen LogP contribution in [-0.4, -0.2) is 16.8 Å². The van der Waals surface area contributed by atoms with E-state index in [1.807, 2.05) is 0 Å². The van der Waals surface area contributed by atoms with Crippen molar-refractivity contribution in [2.24, 2.45) is 0 Å². The predicted octanol–water partition coefficient (Wildman–Crippen LogP) is 7.39. The van der Waals surface area contributed by atoms with E-state index in [4.69, 9.17) is 0 Å². The van der Waals surface area contributed by atoms with E-state index in [1.165, 1.54) is 12.8 Å². The second-order valence-corrected chi connectivity index (χ2v) is 14.7. The monoisotopic (exact) mass is 370 g/mol. The van der Waals surface area contributed by atoms with Gasteiger partial charge in [-0.25, -0.2) is 0 Å². The van der Waals surface area contributed by atoms with Gasteiger partial charge in [0.05, 0.1) is 0 Å². The first-order chi connectivity index (χ1) is 11.5. The zero-order chi connectivity index (χ0) is 17.5. The van der Waals surface area contributed by atoms with Crippen LogP contribution in [-0.2, 0) is 0 Å². The van der Waals surface area contributed by atoms with E-state index in [2.05, 4.69) is 24.9 Å². The molecule has 2 fully saturated rings. The SMILES string of the molecule is CCC[Si](F)(C#C[Si](F)(CCC)C1CCCCC1)C1CCCCC1. The standard InChI is InChI=1S/C20H36F2Si2/c1-3-15-23(21,19-11-7-5-8-12-19)17-18-24(22,16-4-2)20-13-9-6-10-14-20/h19-20H,3-16H2,1-2H3. The molecule has 24 heavy (non-hydrogen) atoms. The minimum Gasteiger partial charge on any atom is -0.297 e. The van der Waals surface area contributed by atoms with E-state index in [-0.39, 0.29) is 11.1 Å². The highest BCUT2D eigenvalue weighted by Gasteiger charge is 2.45. The van der Waals surface area contributed by atoms with Gasteiger partial charge in [0.25, 0.3) is 0 Å². The van der Waals surface area contributed by atoms with E-state index in [0.29, 0.717) is 12.1 Å². The lowest BCUT2D eigenvalue weighted by Crippen LogP contribution is -2.39. The number of halogens is 2. The zero-order valence-corrected chi connectivity index (χ0v) is 17.8. The highest BCUT2D eigenvalue weighted by Crippen LogP contribution is 2.42. The highest BCUT2D eigenvalue weighted by molar-refractivity contribution is 6.87. The van der Waals surface area contributed by atoms with Crippen LogP contribution >= 0.6 is 0 Å². The summed E-state index contributed by atoms with van der Waals surface area (Å²) in [5, 5.41) is 0. The van der Waals surface area contributed by atoms with Gasteiger partial charge in [-0.2, -0.15) is 0 Å². The van der Waals surface area contributed by atoms with Gasteiger partial charge in [0.1, 0.15) is 0 Å². The zero-order valence-electron chi connectivity index (χ0n) is 15.8. The maximum Gasteiger partial charge on any atom is 0.325 e. The molecule has 0 aromatic heterocycles. The molecule has 2 unspecified atom stereocenters. The van der Waals surface area contributed by atoms with Gasteiger partial charge in [-0.3, -0.25) is 8.22 Å². The summed E-state index contributed by atoms with van der Waals surface area (Å²) in [5.41, 5.74) is 6.54. The number of hydrogen-bond donors (Lipinski definition) is 0. The Labute approximate surface area is 150 Å². The lowest BCUT2D eigenvalue weighted by Gasteiger charge is -2.32. The summed E-state index contributed by atoms with van der Waals surface area (Å²) in [7, 11) is -6.23. The summed E-state index contributed by atoms with van der Waals surface area (Å²) in [4.78, 5) is 0. The molecule has 0 heterocycles. The van der Waals surface area contributed by atoms with Gasteiger partial charge in [0, 0.05) is 0 Å². The van der Waals surface area contributed by atoms with Crippen molar-refractivity contribution >= 4 is 16.8 Å². The van der Waals surface area contributed by atoms with Crippen LogP contribution in [0.1, 0.15) is 90.9 Å². The van der Waals surface area contributed by atoms with Crippen LogP contribution in [0.4, 0.5) is 8.22 Å². The second-order valence-electron chi connectivity index (χ2n) is 8.14. The molecular weight excluding hydrogens is 334 g/mol. The van der Waals surface area contributed by atoms with Gasteiger partial charge < -0.3 is 0 Å². The molecule has 0 radical (unpaired) electrons. The van der Waals surface area contributed by atoms with Crippen LogP contribution in [0.25, 0.3) is 0 Å². The van der Waals surface area contributed by atoms with E-state index < -0.39 is 16.8 Å². The Hall–Kier alpha value is -0.146. The summed E-state index contributed by atoms with van der Waals surface area (Å²) >= 11 is 0. The summed E-state index contributed by atoms with van der Waals surface area (Å²) in [6.07, 6.45) is 12.7. The van der Waals surface area contributed by atoms with E-state index in [9.17, 15) is 0 Å². The normalized spacial score (nSPS) is 25.3. The molecule has 0 N–H and O–H groups in total. The molecule has 138 valence electrons. The van der Waals surface area contributed by atoms with Crippen molar-refractivity contribution in [3.05, 3.63) is 0 Å². The smallest absolute Gasteiger partial charge is 0.297 e. The third-order valence-electron chi connectivity index (χ3n) is 6.21. The fraction of sp³-hybridized carbons (Fsp3) is 0.900. The minimum absolute atomic E-state index is 0.171. The Morgan fingerprint density at radius 1 is 0.667 bits per heavy atom. The van der Waals surface area contributed by atoms with Crippen molar-refractivity contribution in [2.75, 3.05) is 0 Å². The van der Waals surface area contributed by atoms with Gasteiger partial charge in [-0.15, -0.1) is 0 Å². The van der Waals surface area contributed by atoms with Crippen LogP contribution in [0.5, 0.6) is 0 Å². The average Bonchev–Trinajstić information content (AvgIpc) is 2.62. The van der Waals surface area contributed by atoms with E-state index in [0.717, 1.165) is 64.2 Å². The first-order valence-electron chi connectivity index (χ1n) is 10.5. The average molecular weight is 371 g/mol. The molecule has 0 aromatic rings. The Kier molecular flexibility index (Phi) is 8.00. The maximum absolute atomic E-state index is 15.8. The van der Waals surface area contributed by atoms with Gasteiger partial charge >= 0.3 is 16.8 Å². The van der Waals surface area contributed by atoms with Crippen molar-refractivity contribution in [1.29, 1.82) is 0 Å². The van der Waals surface area contributed by atoms with Crippen LogP contribution in [0.3, 0.4) is 0 Å². The fourth-order valence-electron chi connectivity index (χ4n) is 4.79. The third-order valence-corrected chi connectivity index (χ3v) is 13.7. The second kappa shape index (κ2) is 9.52. The molecule has 2 rings (SSSR count). The molecular formula is C20H36F2Si2. The molecule has 2 aliphatic rings. The summed E-state index contributed by atoms with van der Waals surface area (Å²) in [6.45, 7) is 4.11. The van der Waals surface area contributed by atoms with Crippen LogP contribution in [0.2, 0.25) is 23.2 Å². The quantitative estimate of drug-likeness (QED) is 0.260. The highest BCUT2D eigenvalue weighted by atomic mass is 28.4. The van der Waals surface area contributed by atoms with Crippen molar-refractivity contribution in [3.8, 4) is 11.1 Å². The van der Waals surface area contributed by atoms with Gasteiger partial charge in [0.15, 0.2) is 0 Å². The topological polar surface area (TPSA) is 0 Å². The molecule has 0 saturated heterocycles. The maximum atomic E-state index is 15.8. The molecule has 0 aromatic carbocycles. The van der Waals surface area contributed by atoms with Gasteiger partial charge in [0.2, 0.25) is 0 Å². The van der Waals surface area contributed by atoms with E-state index in [1.54, 1.807) is 0 Å². The Morgan fingerprint density at radius 3 is 1.29 bits per heavy atom. The lowest BCUT2D eigenvalue weighted by molar-refractivity contribution is 0.472. The number of hydrogen-bond acceptors (Lipinski definition) is 0. The molecule has 2 saturated carbocycles. The molecule has 2 aliphatic carbocycles.